The van der Waals surface area contributed by atoms with Crippen LogP contribution in [0.15, 0.2) is 30.3 Å². The summed E-state index contributed by atoms with van der Waals surface area (Å²) in [6.45, 7) is 4.19. The van der Waals surface area contributed by atoms with Crippen LogP contribution in [-0.2, 0) is 9.84 Å². The first-order valence-electron chi connectivity index (χ1n) is 8.19. The molecule has 2 heterocycles. The van der Waals surface area contributed by atoms with Crippen molar-refractivity contribution in [2.24, 2.45) is 0 Å². The molecule has 0 radical (unpaired) electrons. The molecule has 1 aliphatic rings. The molecule has 1 aliphatic heterocycles. The minimum Gasteiger partial charge on any atom is -0.492 e. The predicted octanol–water partition coefficient (Wildman–Crippen LogP) is 2.20. The Bertz CT molecular complexity index is 889. The smallest absolute Gasteiger partial charge is 0.276 e. The Morgan fingerprint density at radius 3 is 2.84 bits per heavy atom. The van der Waals surface area contributed by atoms with Crippen molar-refractivity contribution in [3.63, 3.8) is 0 Å². The second kappa shape index (κ2) is 6.87. The molecule has 134 valence electrons. The molecule has 8 heteroatoms. The monoisotopic (exact) mass is 363 g/mol. The Morgan fingerprint density at radius 1 is 1.40 bits per heavy atom. The van der Waals surface area contributed by atoms with Gasteiger partial charge in [0.15, 0.2) is 15.5 Å². The van der Waals surface area contributed by atoms with Gasteiger partial charge < -0.3 is 10.1 Å². The number of carbonyl (C=O) groups is 1. The molecule has 0 aliphatic carbocycles. The lowest BCUT2D eigenvalue weighted by atomic mass is 10.2. The number of aryl methyl sites for hydroxylation is 1. The summed E-state index contributed by atoms with van der Waals surface area (Å²) in [6.07, 6.45) is 0.527. The fourth-order valence-electron chi connectivity index (χ4n) is 2.97. The van der Waals surface area contributed by atoms with Gasteiger partial charge >= 0.3 is 0 Å². The fraction of sp³-hybridized carbons (Fsp3) is 0.412. The van der Waals surface area contributed by atoms with Crippen LogP contribution >= 0.6 is 0 Å². The number of rotatable bonds is 5. The van der Waals surface area contributed by atoms with Gasteiger partial charge in [0.25, 0.3) is 5.91 Å². The summed E-state index contributed by atoms with van der Waals surface area (Å²) in [4.78, 5) is 12.5. The molecule has 1 fully saturated rings. The summed E-state index contributed by atoms with van der Waals surface area (Å²) < 4.78 is 30.5. The number of para-hydroxylation sites is 2. The van der Waals surface area contributed by atoms with E-state index >= 15 is 0 Å². The number of sulfone groups is 1. The zero-order valence-electron chi connectivity index (χ0n) is 14.2. The molecule has 1 aromatic carbocycles. The molecular formula is C17H21N3O4S. The maximum Gasteiger partial charge on any atom is 0.276 e. The van der Waals surface area contributed by atoms with Gasteiger partial charge in [-0.25, -0.2) is 8.42 Å². The largest absolute Gasteiger partial charge is 0.492 e. The third kappa shape index (κ3) is 3.84. The van der Waals surface area contributed by atoms with Gasteiger partial charge in [0.2, 0.25) is 0 Å². The van der Waals surface area contributed by atoms with Crippen LogP contribution < -0.4 is 10.1 Å². The number of nitrogens with zero attached hydrogens (tertiary/aromatic N) is 2. The minimum absolute atomic E-state index is 0.0732. The lowest BCUT2D eigenvalue weighted by molar-refractivity contribution is 0.102. The van der Waals surface area contributed by atoms with Gasteiger partial charge in [-0.2, -0.15) is 5.10 Å². The third-order valence-corrected chi connectivity index (χ3v) is 5.89. The standard InChI is InChI=1S/C17H21N3O4S/c1-3-24-16-7-5-4-6-14(16)18-17(21)15-10-12(2)20(19-15)13-8-9-25(22,23)11-13/h4-7,10,13H,3,8-9,11H2,1-2H3,(H,18,21). The Balaban J connectivity index is 1.79. The van der Waals surface area contributed by atoms with E-state index in [1.807, 2.05) is 26.0 Å². The van der Waals surface area contributed by atoms with E-state index in [1.54, 1.807) is 22.9 Å². The first kappa shape index (κ1) is 17.5. The van der Waals surface area contributed by atoms with Gasteiger partial charge in [-0.05, 0) is 38.5 Å². The molecule has 0 spiro atoms. The van der Waals surface area contributed by atoms with Crippen molar-refractivity contribution < 1.29 is 17.9 Å². The van der Waals surface area contributed by atoms with Crippen LogP contribution in [-0.4, -0.2) is 42.2 Å². The highest BCUT2D eigenvalue weighted by atomic mass is 32.2. The maximum absolute atomic E-state index is 12.5. The number of anilines is 1. The van der Waals surface area contributed by atoms with Crippen LogP contribution in [0, 0.1) is 6.92 Å². The van der Waals surface area contributed by atoms with Crippen molar-refractivity contribution in [2.75, 3.05) is 23.4 Å². The Kier molecular flexibility index (Phi) is 4.80. The van der Waals surface area contributed by atoms with E-state index in [2.05, 4.69) is 10.4 Å². The summed E-state index contributed by atoms with van der Waals surface area (Å²) in [5.41, 5.74) is 1.60. The molecule has 0 bridgehead atoms. The number of hydrogen-bond acceptors (Lipinski definition) is 5. The van der Waals surface area contributed by atoms with Gasteiger partial charge in [0.1, 0.15) is 5.75 Å². The summed E-state index contributed by atoms with van der Waals surface area (Å²) in [6, 6.07) is 8.65. The lowest BCUT2D eigenvalue weighted by Crippen LogP contribution is -2.17. The Morgan fingerprint density at radius 2 is 2.16 bits per heavy atom. The number of amides is 1. The summed E-state index contributed by atoms with van der Waals surface area (Å²) in [5.74, 6) is 0.482. The van der Waals surface area contributed by atoms with E-state index in [0.717, 1.165) is 5.69 Å². The number of ether oxygens (including phenoxy) is 1. The molecule has 0 saturated carbocycles. The topological polar surface area (TPSA) is 90.3 Å². The van der Waals surface area contributed by atoms with Gasteiger partial charge in [-0.3, -0.25) is 9.48 Å². The molecule has 1 N–H and O–H groups in total. The van der Waals surface area contributed by atoms with Crippen LogP contribution in [0.3, 0.4) is 0 Å². The van der Waals surface area contributed by atoms with E-state index < -0.39 is 9.84 Å². The number of benzene rings is 1. The molecule has 1 saturated heterocycles. The van der Waals surface area contributed by atoms with Crippen molar-refractivity contribution in [3.8, 4) is 5.75 Å². The van der Waals surface area contributed by atoms with Gasteiger partial charge in [0, 0.05) is 5.69 Å². The Hall–Kier alpha value is -2.35. The van der Waals surface area contributed by atoms with E-state index in [-0.39, 0.29) is 29.1 Å². The van der Waals surface area contributed by atoms with Crippen molar-refractivity contribution in [2.45, 2.75) is 26.3 Å². The molecule has 1 atom stereocenters. The Labute approximate surface area is 146 Å². The quantitative estimate of drug-likeness (QED) is 0.879. The summed E-state index contributed by atoms with van der Waals surface area (Å²) >= 11 is 0. The zero-order chi connectivity index (χ0) is 18.0. The third-order valence-electron chi connectivity index (χ3n) is 4.14. The van der Waals surface area contributed by atoms with Gasteiger partial charge in [-0.15, -0.1) is 0 Å². The van der Waals surface area contributed by atoms with Crippen LogP contribution in [0.1, 0.15) is 35.6 Å². The second-order valence-corrected chi connectivity index (χ2v) is 8.28. The average molecular weight is 363 g/mol. The van der Waals surface area contributed by atoms with Crippen molar-refractivity contribution in [1.29, 1.82) is 0 Å². The number of hydrogen-bond donors (Lipinski definition) is 1. The SMILES string of the molecule is CCOc1ccccc1NC(=O)c1cc(C)n(C2CCS(=O)(=O)C2)n1. The first-order valence-corrected chi connectivity index (χ1v) is 10.0. The van der Waals surface area contributed by atoms with Crippen LogP contribution in [0.25, 0.3) is 0 Å². The fourth-order valence-corrected chi connectivity index (χ4v) is 4.67. The highest BCUT2D eigenvalue weighted by Gasteiger charge is 2.31. The average Bonchev–Trinajstić information content (AvgIpc) is 3.12. The van der Waals surface area contributed by atoms with E-state index in [4.69, 9.17) is 4.74 Å². The highest BCUT2D eigenvalue weighted by molar-refractivity contribution is 7.91. The van der Waals surface area contributed by atoms with Crippen molar-refractivity contribution in [3.05, 3.63) is 41.7 Å². The van der Waals surface area contributed by atoms with Gasteiger partial charge in [-0.1, -0.05) is 12.1 Å². The van der Waals surface area contributed by atoms with Crippen LogP contribution in [0.5, 0.6) is 5.75 Å². The van der Waals surface area contributed by atoms with E-state index in [9.17, 15) is 13.2 Å². The minimum atomic E-state index is -3.01. The lowest BCUT2D eigenvalue weighted by Gasteiger charge is -2.11. The zero-order valence-corrected chi connectivity index (χ0v) is 15.0. The molecule has 2 aromatic rings. The summed E-state index contributed by atoms with van der Waals surface area (Å²) in [5, 5.41) is 7.13. The van der Waals surface area contributed by atoms with E-state index in [1.165, 1.54) is 0 Å². The normalized spacial score (nSPS) is 18.9. The molecule has 1 unspecified atom stereocenters. The highest BCUT2D eigenvalue weighted by Crippen LogP contribution is 2.26. The van der Waals surface area contributed by atoms with Crippen molar-refractivity contribution in [1.82, 2.24) is 9.78 Å². The number of carbonyl (C=O) groups excluding carboxylic acids is 1. The maximum atomic E-state index is 12.5. The summed E-state index contributed by atoms with van der Waals surface area (Å²) in [7, 11) is -3.01. The molecule has 7 nitrogen and oxygen atoms in total. The molecule has 3 rings (SSSR count). The predicted molar refractivity (Wildman–Crippen MR) is 94.8 cm³/mol. The number of aromatic nitrogens is 2. The van der Waals surface area contributed by atoms with Gasteiger partial charge in [0.05, 0.1) is 29.8 Å². The molecule has 1 amide bonds. The molecule has 25 heavy (non-hydrogen) atoms. The number of nitrogens with one attached hydrogen (secondary N) is 1. The van der Waals surface area contributed by atoms with Crippen LogP contribution in [0.4, 0.5) is 5.69 Å². The second-order valence-electron chi connectivity index (χ2n) is 6.06. The van der Waals surface area contributed by atoms with Crippen LogP contribution in [0.2, 0.25) is 0 Å². The van der Waals surface area contributed by atoms with E-state index in [0.29, 0.717) is 24.5 Å². The van der Waals surface area contributed by atoms with Crippen molar-refractivity contribution >= 4 is 21.4 Å². The first-order chi connectivity index (χ1) is 11.9. The molecular weight excluding hydrogens is 342 g/mol. The molecule has 1 aromatic heterocycles.